The molecule has 0 atom stereocenters. The highest BCUT2D eigenvalue weighted by molar-refractivity contribution is 5.82. The van der Waals surface area contributed by atoms with Crippen molar-refractivity contribution in [2.45, 2.75) is 34.2 Å². The van der Waals surface area contributed by atoms with E-state index in [1.54, 1.807) is 13.3 Å². The van der Waals surface area contributed by atoms with Crippen LogP contribution < -0.4 is 10.2 Å². The highest BCUT2D eigenvalue weighted by Crippen LogP contribution is 2.28. The Labute approximate surface area is 165 Å². The number of hydrazone groups is 1. The predicted octanol–water partition coefficient (Wildman–Crippen LogP) is 4.31. The highest BCUT2D eigenvalue weighted by atomic mass is 16.5. The lowest BCUT2D eigenvalue weighted by Crippen LogP contribution is -2.07. The molecule has 0 aliphatic heterocycles. The van der Waals surface area contributed by atoms with Crippen LogP contribution in [0, 0.1) is 39.0 Å². The van der Waals surface area contributed by atoms with E-state index in [0.29, 0.717) is 18.0 Å². The Morgan fingerprint density at radius 1 is 1.25 bits per heavy atom. The van der Waals surface area contributed by atoms with Gasteiger partial charge >= 0.3 is 0 Å². The van der Waals surface area contributed by atoms with E-state index in [1.807, 2.05) is 62.6 Å². The molecule has 0 amide bonds. The van der Waals surface area contributed by atoms with Crippen LogP contribution in [0.15, 0.2) is 39.9 Å². The summed E-state index contributed by atoms with van der Waals surface area (Å²) in [4.78, 5) is 0. The van der Waals surface area contributed by atoms with Crippen LogP contribution in [0.3, 0.4) is 0 Å². The number of aryl methyl sites for hydroxylation is 2. The summed E-state index contributed by atoms with van der Waals surface area (Å²) in [5, 5.41) is 13.9. The zero-order valence-corrected chi connectivity index (χ0v) is 16.8. The molecule has 0 saturated carbocycles. The van der Waals surface area contributed by atoms with Gasteiger partial charge in [-0.1, -0.05) is 18.2 Å². The number of furan rings is 1. The van der Waals surface area contributed by atoms with Crippen molar-refractivity contribution in [3.63, 3.8) is 0 Å². The molecule has 2 heterocycles. The molecule has 0 aliphatic carbocycles. The second-order valence-corrected chi connectivity index (χ2v) is 6.64. The molecule has 0 unspecified atom stereocenters. The summed E-state index contributed by atoms with van der Waals surface area (Å²) < 4.78 is 13.2. The Bertz CT molecular complexity index is 1070. The molecule has 1 aromatic carbocycles. The Balaban J connectivity index is 1.82. The monoisotopic (exact) mass is 376 g/mol. The van der Waals surface area contributed by atoms with Crippen LogP contribution in [0.2, 0.25) is 0 Å². The molecule has 3 aromatic rings. The number of rotatable bonds is 6. The number of methoxy groups -OCH3 is 1. The number of nitriles is 1. The number of hydrogen-bond acceptors (Lipinski definition) is 5. The molecule has 3 rings (SSSR count). The number of para-hydroxylation sites is 1. The number of ether oxygens (including phenoxy) is 1. The van der Waals surface area contributed by atoms with E-state index in [0.717, 1.165) is 39.6 Å². The van der Waals surface area contributed by atoms with Gasteiger partial charge < -0.3 is 14.6 Å². The smallest absolute Gasteiger partial charge is 0.222 e. The molecule has 0 radical (unpaired) electrons. The SMILES string of the molecule is COc1ccccc1CN/N=C\c1cc(C)n(-c2oc(C)c(C)c2C#N)c1C. The largest absolute Gasteiger partial charge is 0.496 e. The average molecular weight is 376 g/mol. The van der Waals surface area contributed by atoms with Gasteiger partial charge in [0.1, 0.15) is 23.1 Å². The van der Waals surface area contributed by atoms with Crippen molar-refractivity contribution in [2.75, 3.05) is 7.11 Å². The van der Waals surface area contributed by atoms with Gasteiger partial charge in [-0.2, -0.15) is 10.4 Å². The van der Waals surface area contributed by atoms with Gasteiger partial charge in [0.15, 0.2) is 0 Å². The lowest BCUT2D eigenvalue weighted by atomic mass is 10.2. The van der Waals surface area contributed by atoms with Crippen LogP contribution in [0.25, 0.3) is 5.88 Å². The van der Waals surface area contributed by atoms with Crippen molar-refractivity contribution >= 4 is 6.21 Å². The molecule has 0 fully saturated rings. The van der Waals surface area contributed by atoms with Gasteiger partial charge in [-0.05, 0) is 39.8 Å². The number of benzene rings is 1. The maximum Gasteiger partial charge on any atom is 0.222 e. The lowest BCUT2D eigenvalue weighted by Gasteiger charge is -2.07. The van der Waals surface area contributed by atoms with Gasteiger partial charge in [0.25, 0.3) is 0 Å². The minimum absolute atomic E-state index is 0.564. The molecule has 0 spiro atoms. The van der Waals surface area contributed by atoms with E-state index in [1.165, 1.54) is 0 Å². The van der Waals surface area contributed by atoms with Crippen molar-refractivity contribution in [3.05, 3.63) is 69.7 Å². The van der Waals surface area contributed by atoms with Gasteiger partial charge in [0.2, 0.25) is 5.88 Å². The minimum Gasteiger partial charge on any atom is -0.496 e. The van der Waals surface area contributed by atoms with Crippen molar-refractivity contribution < 1.29 is 9.15 Å². The van der Waals surface area contributed by atoms with E-state index >= 15 is 0 Å². The van der Waals surface area contributed by atoms with Crippen LogP contribution in [-0.4, -0.2) is 17.9 Å². The molecule has 0 bridgehead atoms. The van der Waals surface area contributed by atoms with E-state index in [9.17, 15) is 5.26 Å². The molecule has 28 heavy (non-hydrogen) atoms. The quantitative estimate of drug-likeness (QED) is 0.514. The number of nitrogens with zero attached hydrogens (tertiary/aromatic N) is 3. The van der Waals surface area contributed by atoms with Gasteiger partial charge in [-0.15, -0.1) is 0 Å². The predicted molar refractivity (Wildman–Crippen MR) is 109 cm³/mol. The summed E-state index contributed by atoms with van der Waals surface area (Å²) in [7, 11) is 1.66. The molecule has 0 saturated heterocycles. The summed E-state index contributed by atoms with van der Waals surface area (Å²) in [6, 6.07) is 12.1. The summed E-state index contributed by atoms with van der Waals surface area (Å²) in [5.74, 6) is 2.15. The van der Waals surface area contributed by atoms with Crippen LogP contribution in [0.5, 0.6) is 5.75 Å². The van der Waals surface area contributed by atoms with E-state index in [-0.39, 0.29) is 0 Å². The molecule has 6 heteroatoms. The zero-order chi connectivity index (χ0) is 20.3. The second-order valence-electron chi connectivity index (χ2n) is 6.64. The Hall–Kier alpha value is -3.46. The fraction of sp³-hybridized carbons (Fsp3) is 0.273. The average Bonchev–Trinajstić information content (AvgIpc) is 3.13. The molecule has 144 valence electrons. The van der Waals surface area contributed by atoms with Crippen LogP contribution in [0.4, 0.5) is 0 Å². The van der Waals surface area contributed by atoms with Gasteiger partial charge in [-0.3, -0.25) is 4.57 Å². The first-order chi connectivity index (χ1) is 13.5. The van der Waals surface area contributed by atoms with Crippen molar-refractivity contribution in [1.82, 2.24) is 9.99 Å². The van der Waals surface area contributed by atoms with E-state index in [2.05, 4.69) is 16.6 Å². The zero-order valence-electron chi connectivity index (χ0n) is 16.8. The third-order valence-electron chi connectivity index (χ3n) is 4.91. The second kappa shape index (κ2) is 8.05. The Morgan fingerprint density at radius 3 is 2.71 bits per heavy atom. The number of nitrogens with one attached hydrogen (secondary N) is 1. The summed E-state index contributed by atoms with van der Waals surface area (Å²) in [6.45, 7) is 8.31. The maximum absolute atomic E-state index is 9.52. The fourth-order valence-corrected chi connectivity index (χ4v) is 3.22. The van der Waals surface area contributed by atoms with Gasteiger partial charge in [0, 0.05) is 28.1 Å². The van der Waals surface area contributed by atoms with Crippen molar-refractivity contribution in [3.8, 4) is 17.7 Å². The molecular formula is C22H24N4O2. The first-order valence-electron chi connectivity index (χ1n) is 9.05. The van der Waals surface area contributed by atoms with Crippen LogP contribution in [0.1, 0.15) is 39.4 Å². The van der Waals surface area contributed by atoms with Crippen molar-refractivity contribution in [2.24, 2.45) is 5.10 Å². The first-order valence-corrected chi connectivity index (χ1v) is 9.05. The third kappa shape index (κ3) is 3.52. The Kier molecular flexibility index (Phi) is 5.55. The normalized spacial score (nSPS) is 11.0. The standard InChI is InChI=1S/C22H24N4O2/c1-14-10-19(13-25-24-12-18-8-6-7-9-21(18)27-5)16(3)26(14)22-20(11-23)15(2)17(4)28-22/h6-10,13,24H,12H2,1-5H3/b25-13-. The fourth-order valence-electron chi connectivity index (χ4n) is 3.22. The third-order valence-corrected chi connectivity index (χ3v) is 4.91. The number of aromatic nitrogens is 1. The minimum atomic E-state index is 0.564. The number of hydrogen-bond donors (Lipinski definition) is 1. The van der Waals surface area contributed by atoms with Crippen LogP contribution in [-0.2, 0) is 6.54 Å². The first kappa shape index (κ1) is 19.3. The molecule has 0 aliphatic rings. The van der Waals surface area contributed by atoms with Crippen LogP contribution >= 0.6 is 0 Å². The molecule has 6 nitrogen and oxygen atoms in total. The van der Waals surface area contributed by atoms with Crippen molar-refractivity contribution in [1.29, 1.82) is 5.26 Å². The molecule has 1 N–H and O–H groups in total. The topological polar surface area (TPSA) is 75.5 Å². The maximum atomic E-state index is 9.52. The molecular weight excluding hydrogens is 352 g/mol. The van der Waals surface area contributed by atoms with E-state index in [4.69, 9.17) is 9.15 Å². The lowest BCUT2D eigenvalue weighted by molar-refractivity contribution is 0.408. The summed E-state index contributed by atoms with van der Waals surface area (Å²) >= 11 is 0. The van der Waals surface area contributed by atoms with E-state index < -0.39 is 0 Å². The van der Waals surface area contributed by atoms with Gasteiger partial charge in [0.05, 0.1) is 19.9 Å². The summed E-state index contributed by atoms with van der Waals surface area (Å²) in [6.07, 6.45) is 1.78. The molecule has 2 aromatic heterocycles. The highest BCUT2D eigenvalue weighted by Gasteiger charge is 2.20. The van der Waals surface area contributed by atoms with Gasteiger partial charge in [-0.25, -0.2) is 0 Å². The summed E-state index contributed by atoms with van der Waals surface area (Å²) in [5.41, 5.74) is 8.44. The Morgan fingerprint density at radius 2 is 2.00 bits per heavy atom.